The minimum atomic E-state index is -0.262. The topological polar surface area (TPSA) is 39.2 Å². The number of hydrogen-bond acceptors (Lipinski definition) is 3. The summed E-state index contributed by atoms with van der Waals surface area (Å²) in [6.07, 6.45) is 3.86. The molecule has 0 aliphatic carbocycles. The molecule has 1 aromatic heterocycles. The van der Waals surface area contributed by atoms with Crippen LogP contribution in [0.2, 0.25) is 0 Å². The van der Waals surface area contributed by atoms with Crippen LogP contribution in [-0.2, 0) is 11.2 Å². The molecule has 17 heavy (non-hydrogen) atoms. The summed E-state index contributed by atoms with van der Waals surface area (Å²) in [7, 11) is 0. The van der Waals surface area contributed by atoms with Crippen LogP contribution in [0, 0.1) is 0 Å². The van der Waals surface area contributed by atoms with E-state index in [-0.39, 0.29) is 12.1 Å². The summed E-state index contributed by atoms with van der Waals surface area (Å²) in [4.78, 5) is 15.9. The fourth-order valence-corrected chi connectivity index (χ4v) is 2.08. The van der Waals surface area contributed by atoms with Crippen LogP contribution in [0.4, 0.5) is 0 Å². The van der Waals surface area contributed by atoms with E-state index in [1.54, 1.807) is 18.5 Å². The maximum atomic E-state index is 11.8. The number of ether oxygens (including phenoxy) is 1. The van der Waals surface area contributed by atoms with E-state index in [0.717, 1.165) is 11.1 Å². The van der Waals surface area contributed by atoms with Gasteiger partial charge in [-0.3, -0.25) is 4.98 Å². The summed E-state index contributed by atoms with van der Waals surface area (Å²) in [5.74, 6) is -0.262. The normalized spacial score (nSPS) is 18.4. The fourth-order valence-electron chi connectivity index (χ4n) is 2.08. The lowest BCUT2D eigenvalue weighted by Gasteiger charge is -2.24. The molecular formula is C14H11NO2. The zero-order valence-electron chi connectivity index (χ0n) is 9.17. The highest BCUT2D eigenvalue weighted by Crippen LogP contribution is 2.29. The van der Waals surface area contributed by atoms with Crippen LogP contribution in [0.5, 0.6) is 0 Å². The van der Waals surface area contributed by atoms with Crippen molar-refractivity contribution in [3.05, 3.63) is 65.5 Å². The second-order valence-electron chi connectivity index (χ2n) is 4.04. The molecule has 0 saturated carbocycles. The summed E-state index contributed by atoms with van der Waals surface area (Å²) in [5.41, 5.74) is 2.61. The molecule has 1 unspecified atom stereocenters. The Kier molecular flexibility index (Phi) is 2.37. The molecule has 0 amide bonds. The molecule has 0 bridgehead atoms. The molecule has 0 spiro atoms. The molecule has 1 aliphatic rings. The Bertz CT molecular complexity index is 551. The summed E-state index contributed by atoms with van der Waals surface area (Å²) in [6.45, 7) is 0. The number of carbonyl (C=O) groups excluding carboxylic acids is 1. The number of benzene rings is 1. The van der Waals surface area contributed by atoms with Gasteiger partial charge in [0, 0.05) is 18.8 Å². The Morgan fingerprint density at radius 2 is 2.00 bits per heavy atom. The Balaban J connectivity index is 1.97. The molecule has 0 fully saturated rings. The van der Waals surface area contributed by atoms with Crippen LogP contribution in [0.25, 0.3) is 0 Å². The van der Waals surface area contributed by atoms with Crippen LogP contribution in [-0.4, -0.2) is 11.0 Å². The van der Waals surface area contributed by atoms with E-state index in [1.165, 1.54) is 0 Å². The zero-order chi connectivity index (χ0) is 11.7. The van der Waals surface area contributed by atoms with E-state index in [0.29, 0.717) is 12.0 Å². The van der Waals surface area contributed by atoms with Gasteiger partial charge in [-0.05, 0) is 17.2 Å². The summed E-state index contributed by atoms with van der Waals surface area (Å²) in [5, 5.41) is 0. The number of nitrogens with zero attached hydrogens (tertiary/aromatic N) is 1. The quantitative estimate of drug-likeness (QED) is 0.700. The van der Waals surface area contributed by atoms with Gasteiger partial charge in [-0.25, -0.2) is 4.79 Å². The van der Waals surface area contributed by atoms with Gasteiger partial charge in [-0.1, -0.05) is 30.3 Å². The summed E-state index contributed by atoms with van der Waals surface area (Å²) in [6, 6.07) is 11.5. The van der Waals surface area contributed by atoms with Gasteiger partial charge in [0.2, 0.25) is 0 Å². The van der Waals surface area contributed by atoms with Crippen LogP contribution < -0.4 is 0 Å². The van der Waals surface area contributed by atoms with Crippen molar-refractivity contribution in [2.24, 2.45) is 0 Å². The minimum absolute atomic E-state index is 0.194. The molecule has 0 saturated heterocycles. The van der Waals surface area contributed by atoms with Gasteiger partial charge in [0.15, 0.2) is 0 Å². The first-order chi connectivity index (χ1) is 8.34. The molecule has 0 radical (unpaired) electrons. The van der Waals surface area contributed by atoms with Crippen molar-refractivity contribution in [3.63, 3.8) is 0 Å². The molecule has 1 aliphatic heterocycles. The van der Waals surface area contributed by atoms with Gasteiger partial charge < -0.3 is 4.74 Å². The van der Waals surface area contributed by atoms with E-state index in [4.69, 9.17) is 4.74 Å². The smallest absolute Gasteiger partial charge is 0.339 e. The van der Waals surface area contributed by atoms with Gasteiger partial charge >= 0.3 is 5.97 Å². The van der Waals surface area contributed by atoms with Gasteiger partial charge in [0.1, 0.15) is 6.10 Å². The minimum Gasteiger partial charge on any atom is -0.454 e. The molecule has 1 atom stereocenters. The standard InChI is InChI=1S/C14H11NO2/c16-14-12-6-7-15-9-11(12)8-13(17-14)10-4-2-1-3-5-10/h1-7,9,13H,8H2. The van der Waals surface area contributed by atoms with Crippen molar-refractivity contribution < 1.29 is 9.53 Å². The number of pyridine rings is 1. The van der Waals surface area contributed by atoms with Crippen molar-refractivity contribution in [1.82, 2.24) is 4.98 Å². The van der Waals surface area contributed by atoms with Gasteiger partial charge in [0.05, 0.1) is 5.56 Å². The summed E-state index contributed by atoms with van der Waals surface area (Å²) < 4.78 is 5.43. The first-order valence-electron chi connectivity index (χ1n) is 5.53. The number of fused-ring (bicyclic) bond motifs is 1. The maximum absolute atomic E-state index is 11.8. The molecule has 2 heterocycles. The molecule has 2 aromatic rings. The second-order valence-corrected chi connectivity index (χ2v) is 4.04. The number of rotatable bonds is 1. The van der Waals surface area contributed by atoms with E-state index < -0.39 is 0 Å². The largest absolute Gasteiger partial charge is 0.454 e. The number of esters is 1. The second kappa shape index (κ2) is 4.01. The molecule has 3 heteroatoms. The first kappa shape index (κ1) is 10.0. The Hall–Kier alpha value is -2.16. The van der Waals surface area contributed by atoms with Crippen molar-refractivity contribution in [1.29, 1.82) is 0 Å². The number of cyclic esters (lactones) is 1. The SMILES string of the molecule is O=C1OC(c2ccccc2)Cc2cnccc21. The first-order valence-corrected chi connectivity index (χ1v) is 5.53. The number of hydrogen-bond donors (Lipinski definition) is 0. The van der Waals surface area contributed by atoms with Crippen molar-refractivity contribution in [2.75, 3.05) is 0 Å². The Morgan fingerprint density at radius 1 is 1.18 bits per heavy atom. The third kappa shape index (κ3) is 1.80. The Labute approximate surface area is 99.1 Å². The fraction of sp³-hybridized carbons (Fsp3) is 0.143. The molecular weight excluding hydrogens is 214 g/mol. The lowest BCUT2D eigenvalue weighted by molar-refractivity contribution is 0.0252. The highest BCUT2D eigenvalue weighted by molar-refractivity contribution is 5.92. The van der Waals surface area contributed by atoms with Crippen LogP contribution in [0.3, 0.4) is 0 Å². The highest BCUT2D eigenvalue weighted by Gasteiger charge is 2.27. The van der Waals surface area contributed by atoms with Crippen molar-refractivity contribution in [3.8, 4) is 0 Å². The predicted molar refractivity (Wildman–Crippen MR) is 62.5 cm³/mol. The highest BCUT2D eigenvalue weighted by atomic mass is 16.5. The zero-order valence-corrected chi connectivity index (χ0v) is 9.17. The maximum Gasteiger partial charge on any atom is 0.339 e. The number of carbonyl (C=O) groups is 1. The monoisotopic (exact) mass is 225 g/mol. The Morgan fingerprint density at radius 3 is 2.82 bits per heavy atom. The molecule has 3 rings (SSSR count). The average Bonchev–Trinajstić information content (AvgIpc) is 2.40. The van der Waals surface area contributed by atoms with E-state index in [2.05, 4.69) is 4.98 Å². The van der Waals surface area contributed by atoms with Crippen molar-refractivity contribution in [2.45, 2.75) is 12.5 Å². The molecule has 0 N–H and O–H groups in total. The van der Waals surface area contributed by atoms with Gasteiger partial charge in [-0.2, -0.15) is 0 Å². The predicted octanol–water partition coefficient (Wildman–Crippen LogP) is 2.54. The third-order valence-electron chi connectivity index (χ3n) is 2.95. The molecule has 3 nitrogen and oxygen atoms in total. The van der Waals surface area contributed by atoms with E-state index in [1.807, 2.05) is 30.3 Å². The summed E-state index contributed by atoms with van der Waals surface area (Å²) >= 11 is 0. The van der Waals surface area contributed by atoms with E-state index >= 15 is 0 Å². The van der Waals surface area contributed by atoms with Crippen LogP contribution in [0.1, 0.15) is 27.6 Å². The van der Waals surface area contributed by atoms with Crippen LogP contribution >= 0.6 is 0 Å². The van der Waals surface area contributed by atoms with Crippen molar-refractivity contribution >= 4 is 5.97 Å². The number of aromatic nitrogens is 1. The van der Waals surface area contributed by atoms with Gasteiger partial charge in [-0.15, -0.1) is 0 Å². The lowest BCUT2D eigenvalue weighted by atomic mass is 9.96. The van der Waals surface area contributed by atoms with Gasteiger partial charge in [0.25, 0.3) is 0 Å². The van der Waals surface area contributed by atoms with Crippen LogP contribution in [0.15, 0.2) is 48.8 Å². The van der Waals surface area contributed by atoms with E-state index in [9.17, 15) is 4.79 Å². The third-order valence-corrected chi connectivity index (χ3v) is 2.95. The average molecular weight is 225 g/mol. The lowest BCUT2D eigenvalue weighted by Crippen LogP contribution is -2.21. The molecule has 84 valence electrons. The molecule has 1 aromatic carbocycles.